The smallest absolute Gasteiger partial charge is 0.127 e. The molecule has 0 radical (unpaired) electrons. The molecule has 0 unspecified atom stereocenters. The van der Waals surface area contributed by atoms with Crippen LogP contribution >= 0.6 is 0 Å². The maximum absolute atomic E-state index is 5.79. The molecule has 0 aromatic heterocycles. The van der Waals surface area contributed by atoms with Crippen LogP contribution in [0.2, 0.25) is 13.1 Å². The Hall–Kier alpha value is -1.54. The van der Waals surface area contributed by atoms with E-state index in [4.69, 9.17) is 4.74 Å². The van der Waals surface area contributed by atoms with Crippen molar-refractivity contribution in [2.45, 2.75) is 13.1 Å². The SMILES string of the molecule is C[SiH](C)c1cccc(Oc2ccccc2)c1. The molecule has 82 valence electrons. The Morgan fingerprint density at radius 1 is 0.812 bits per heavy atom. The van der Waals surface area contributed by atoms with Crippen LogP contribution in [-0.4, -0.2) is 8.80 Å². The first-order valence-electron chi connectivity index (χ1n) is 5.58. The van der Waals surface area contributed by atoms with Gasteiger partial charge in [0.2, 0.25) is 0 Å². The molecule has 16 heavy (non-hydrogen) atoms. The highest BCUT2D eigenvalue weighted by atomic mass is 28.3. The fourth-order valence-corrected chi connectivity index (χ4v) is 2.56. The van der Waals surface area contributed by atoms with Crippen LogP contribution in [0.4, 0.5) is 0 Å². The second-order valence-electron chi connectivity index (χ2n) is 4.14. The summed E-state index contributed by atoms with van der Waals surface area (Å²) in [5, 5.41) is 1.44. The van der Waals surface area contributed by atoms with Crippen molar-refractivity contribution in [3.8, 4) is 11.5 Å². The van der Waals surface area contributed by atoms with Gasteiger partial charge < -0.3 is 4.74 Å². The zero-order valence-electron chi connectivity index (χ0n) is 9.68. The van der Waals surface area contributed by atoms with Gasteiger partial charge in [0.25, 0.3) is 0 Å². The molecule has 2 rings (SSSR count). The zero-order valence-corrected chi connectivity index (χ0v) is 10.8. The first-order valence-corrected chi connectivity index (χ1v) is 8.47. The van der Waals surface area contributed by atoms with E-state index < -0.39 is 8.80 Å². The molecule has 0 saturated carbocycles. The minimum atomic E-state index is -0.745. The van der Waals surface area contributed by atoms with Crippen molar-refractivity contribution < 1.29 is 4.74 Å². The summed E-state index contributed by atoms with van der Waals surface area (Å²) in [6.45, 7) is 4.64. The lowest BCUT2D eigenvalue weighted by atomic mass is 10.3. The first kappa shape index (κ1) is 11.0. The summed E-state index contributed by atoms with van der Waals surface area (Å²) in [5.41, 5.74) is 0. The summed E-state index contributed by atoms with van der Waals surface area (Å²) in [4.78, 5) is 0. The molecule has 0 amide bonds. The third-order valence-corrected chi connectivity index (χ3v) is 4.20. The average molecular weight is 228 g/mol. The number of benzene rings is 2. The van der Waals surface area contributed by atoms with Crippen molar-refractivity contribution in [2.75, 3.05) is 0 Å². The molecule has 2 aromatic carbocycles. The van der Waals surface area contributed by atoms with E-state index in [1.807, 2.05) is 36.4 Å². The fraction of sp³-hybridized carbons (Fsp3) is 0.143. The van der Waals surface area contributed by atoms with E-state index in [-0.39, 0.29) is 0 Å². The van der Waals surface area contributed by atoms with Gasteiger partial charge in [0.15, 0.2) is 0 Å². The Bertz CT molecular complexity index is 451. The van der Waals surface area contributed by atoms with Crippen LogP contribution in [0.5, 0.6) is 11.5 Å². The summed E-state index contributed by atoms with van der Waals surface area (Å²) in [6.07, 6.45) is 0. The average Bonchev–Trinajstić information content (AvgIpc) is 2.30. The Morgan fingerprint density at radius 2 is 1.50 bits per heavy atom. The third-order valence-electron chi connectivity index (χ3n) is 2.50. The molecule has 2 aromatic rings. The van der Waals surface area contributed by atoms with E-state index in [9.17, 15) is 0 Å². The maximum atomic E-state index is 5.79. The second kappa shape index (κ2) is 4.99. The zero-order chi connectivity index (χ0) is 11.4. The predicted octanol–water partition coefficient (Wildman–Crippen LogP) is 3.17. The highest BCUT2D eigenvalue weighted by Crippen LogP contribution is 2.19. The van der Waals surface area contributed by atoms with Crippen LogP contribution in [0.25, 0.3) is 0 Å². The largest absolute Gasteiger partial charge is 0.457 e. The van der Waals surface area contributed by atoms with Crippen LogP contribution in [0.3, 0.4) is 0 Å². The van der Waals surface area contributed by atoms with Crippen molar-refractivity contribution in [1.29, 1.82) is 0 Å². The lowest BCUT2D eigenvalue weighted by molar-refractivity contribution is 0.483. The van der Waals surface area contributed by atoms with Crippen molar-refractivity contribution in [2.24, 2.45) is 0 Å². The van der Waals surface area contributed by atoms with Gasteiger partial charge in [-0.05, 0) is 24.3 Å². The maximum Gasteiger partial charge on any atom is 0.127 e. The molecular formula is C14H16OSi. The van der Waals surface area contributed by atoms with Crippen molar-refractivity contribution in [1.82, 2.24) is 0 Å². The van der Waals surface area contributed by atoms with Gasteiger partial charge >= 0.3 is 0 Å². The molecule has 0 heterocycles. The Morgan fingerprint density at radius 3 is 2.19 bits per heavy atom. The summed E-state index contributed by atoms with van der Waals surface area (Å²) >= 11 is 0. The standard InChI is InChI=1S/C14H16OSi/c1-16(2)14-10-6-9-13(11-14)15-12-7-4-3-5-8-12/h3-11,16H,1-2H3. The monoisotopic (exact) mass is 228 g/mol. The Kier molecular flexibility index (Phi) is 3.42. The molecule has 0 fully saturated rings. The molecule has 0 saturated heterocycles. The van der Waals surface area contributed by atoms with Crippen LogP contribution in [-0.2, 0) is 0 Å². The number of hydrogen-bond acceptors (Lipinski definition) is 1. The van der Waals surface area contributed by atoms with Gasteiger partial charge in [-0.25, -0.2) is 0 Å². The van der Waals surface area contributed by atoms with Crippen LogP contribution in [0, 0.1) is 0 Å². The van der Waals surface area contributed by atoms with Crippen LogP contribution in [0.15, 0.2) is 54.6 Å². The molecule has 0 aliphatic rings. The van der Waals surface area contributed by atoms with E-state index in [1.54, 1.807) is 0 Å². The van der Waals surface area contributed by atoms with Crippen molar-refractivity contribution >= 4 is 14.0 Å². The summed E-state index contributed by atoms with van der Waals surface area (Å²) in [5.74, 6) is 1.83. The van der Waals surface area contributed by atoms with Crippen molar-refractivity contribution in [3.63, 3.8) is 0 Å². The minimum absolute atomic E-state index is 0.745. The summed E-state index contributed by atoms with van der Waals surface area (Å²) < 4.78 is 5.79. The summed E-state index contributed by atoms with van der Waals surface area (Å²) in [6, 6.07) is 18.3. The van der Waals surface area contributed by atoms with E-state index in [0.717, 1.165) is 11.5 Å². The van der Waals surface area contributed by atoms with E-state index in [2.05, 4.69) is 31.3 Å². The number of hydrogen-bond donors (Lipinski definition) is 0. The Labute approximate surface area is 98.3 Å². The second-order valence-corrected chi connectivity index (χ2v) is 7.12. The molecular weight excluding hydrogens is 212 g/mol. The molecule has 0 aliphatic heterocycles. The number of rotatable bonds is 3. The van der Waals surface area contributed by atoms with Gasteiger partial charge in [-0.3, -0.25) is 0 Å². The van der Waals surface area contributed by atoms with Crippen LogP contribution in [0.1, 0.15) is 0 Å². The fourth-order valence-electron chi connectivity index (χ4n) is 1.56. The lowest BCUT2D eigenvalue weighted by Gasteiger charge is -2.08. The minimum Gasteiger partial charge on any atom is -0.457 e. The summed E-state index contributed by atoms with van der Waals surface area (Å²) in [7, 11) is -0.745. The molecule has 0 N–H and O–H groups in total. The van der Waals surface area contributed by atoms with Crippen LogP contribution < -0.4 is 9.92 Å². The van der Waals surface area contributed by atoms with Gasteiger partial charge in [0, 0.05) is 0 Å². The predicted molar refractivity (Wildman–Crippen MR) is 71.5 cm³/mol. The quantitative estimate of drug-likeness (QED) is 0.733. The van der Waals surface area contributed by atoms with Gasteiger partial charge in [0.05, 0.1) is 8.80 Å². The molecule has 0 spiro atoms. The third kappa shape index (κ3) is 2.73. The molecule has 0 bridgehead atoms. The van der Waals surface area contributed by atoms with Gasteiger partial charge in [-0.1, -0.05) is 48.6 Å². The van der Waals surface area contributed by atoms with E-state index in [0.29, 0.717) is 0 Å². The normalized spacial score (nSPS) is 10.4. The molecule has 1 nitrogen and oxygen atoms in total. The molecule has 2 heteroatoms. The highest BCUT2D eigenvalue weighted by molar-refractivity contribution is 6.70. The number of para-hydroxylation sites is 1. The molecule has 0 atom stereocenters. The van der Waals surface area contributed by atoms with Crippen molar-refractivity contribution in [3.05, 3.63) is 54.6 Å². The number of ether oxygens (including phenoxy) is 1. The highest BCUT2D eigenvalue weighted by Gasteiger charge is 2.02. The van der Waals surface area contributed by atoms with E-state index >= 15 is 0 Å². The van der Waals surface area contributed by atoms with Gasteiger partial charge in [0.1, 0.15) is 11.5 Å². The van der Waals surface area contributed by atoms with E-state index in [1.165, 1.54) is 5.19 Å². The molecule has 0 aliphatic carbocycles. The Balaban J connectivity index is 2.19. The lowest BCUT2D eigenvalue weighted by Crippen LogP contribution is -2.21. The van der Waals surface area contributed by atoms with Gasteiger partial charge in [-0.15, -0.1) is 0 Å². The topological polar surface area (TPSA) is 9.23 Å². The first-order chi connectivity index (χ1) is 7.75. The van der Waals surface area contributed by atoms with Gasteiger partial charge in [-0.2, -0.15) is 0 Å².